The van der Waals surface area contributed by atoms with E-state index in [1.54, 1.807) is 0 Å². The zero-order valence-electron chi connectivity index (χ0n) is 11.9. The predicted octanol–water partition coefficient (Wildman–Crippen LogP) is 2.02. The quantitative estimate of drug-likeness (QED) is 0.831. The topological polar surface area (TPSA) is 32.3 Å². The predicted molar refractivity (Wildman–Crippen MR) is 72.2 cm³/mol. The molecule has 4 aliphatic carbocycles. The van der Waals surface area contributed by atoms with Gasteiger partial charge in [-0.1, -0.05) is 0 Å². The number of nitrogens with zero attached hydrogens (tertiary/aromatic N) is 1. The van der Waals surface area contributed by atoms with Crippen LogP contribution < -0.4 is 5.32 Å². The molecule has 0 saturated heterocycles. The molecule has 0 aromatic rings. The highest BCUT2D eigenvalue weighted by atomic mass is 16.2. The molecule has 1 N–H and O–H groups in total. The van der Waals surface area contributed by atoms with Gasteiger partial charge in [0.15, 0.2) is 0 Å². The van der Waals surface area contributed by atoms with Crippen LogP contribution in [0.2, 0.25) is 0 Å². The minimum Gasteiger partial charge on any atom is -0.339 e. The van der Waals surface area contributed by atoms with E-state index in [1.165, 1.54) is 38.5 Å². The summed E-state index contributed by atoms with van der Waals surface area (Å²) >= 11 is 0. The maximum absolute atomic E-state index is 12.5. The Morgan fingerprint density at radius 3 is 2.00 bits per heavy atom. The Kier molecular flexibility index (Phi) is 2.92. The van der Waals surface area contributed by atoms with Crippen LogP contribution in [-0.2, 0) is 4.79 Å². The van der Waals surface area contributed by atoms with Crippen molar-refractivity contribution in [1.82, 2.24) is 10.2 Å². The fourth-order valence-electron chi connectivity index (χ4n) is 5.12. The molecule has 4 aliphatic rings. The molecule has 18 heavy (non-hydrogen) atoms. The molecule has 4 bridgehead atoms. The van der Waals surface area contributed by atoms with Crippen molar-refractivity contribution in [3.05, 3.63) is 0 Å². The molecule has 4 rings (SSSR count). The second-order valence-electron chi connectivity index (χ2n) is 7.05. The van der Waals surface area contributed by atoms with Crippen LogP contribution in [-0.4, -0.2) is 36.5 Å². The Hall–Kier alpha value is -0.570. The third-order valence-electron chi connectivity index (χ3n) is 5.85. The Morgan fingerprint density at radius 2 is 1.61 bits per heavy atom. The van der Waals surface area contributed by atoms with E-state index in [0.717, 1.165) is 17.8 Å². The normalized spacial score (nSPS) is 42.9. The molecule has 102 valence electrons. The second kappa shape index (κ2) is 4.22. The van der Waals surface area contributed by atoms with Crippen LogP contribution in [0.1, 0.15) is 45.4 Å². The van der Waals surface area contributed by atoms with Crippen molar-refractivity contribution in [2.24, 2.45) is 17.8 Å². The molecule has 0 spiro atoms. The summed E-state index contributed by atoms with van der Waals surface area (Å²) in [6.45, 7) is 1.97. The lowest BCUT2D eigenvalue weighted by Gasteiger charge is -2.60. The third kappa shape index (κ3) is 1.78. The minimum atomic E-state index is -0.0528. The van der Waals surface area contributed by atoms with Gasteiger partial charge in [0, 0.05) is 12.6 Å². The van der Waals surface area contributed by atoms with E-state index in [-0.39, 0.29) is 17.5 Å². The molecule has 0 heterocycles. The number of carbonyl (C=O) groups is 1. The first-order chi connectivity index (χ1) is 8.54. The van der Waals surface area contributed by atoms with Gasteiger partial charge in [0.25, 0.3) is 0 Å². The Bertz CT molecular complexity index is 317. The number of amides is 1. The molecule has 0 radical (unpaired) electrons. The molecule has 1 amide bonds. The third-order valence-corrected chi connectivity index (χ3v) is 5.85. The van der Waals surface area contributed by atoms with Gasteiger partial charge < -0.3 is 10.2 Å². The van der Waals surface area contributed by atoms with E-state index in [4.69, 9.17) is 0 Å². The summed E-state index contributed by atoms with van der Waals surface area (Å²) in [5, 5.41) is 3.09. The lowest BCUT2D eigenvalue weighted by Crippen LogP contribution is -2.62. The van der Waals surface area contributed by atoms with Gasteiger partial charge in [-0.2, -0.15) is 0 Å². The van der Waals surface area contributed by atoms with Gasteiger partial charge in [-0.3, -0.25) is 4.79 Å². The number of hydrogen-bond donors (Lipinski definition) is 1. The monoisotopic (exact) mass is 250 g/mol. The van der Waals surface area contributed by atoms with Crippen molar-refractivity contribution in [1.29, 1.82) is 0 Å². The summed E-state index contributed by atoms with van der Waals surface area (Å²) in [5.74, 6) is 2.98. The zero-order valence-corrected chi connectivity index (χ0v) is 11.9. The zero-order chi connectivity index (χ0) is 12.9. The molecule has 3 nitrogen and oxygen atoms in total. The summed E-state index contributed by atoms with van der Waals surface area (Å²) in [6.07, 6.45) is 8.08. The summed E-state index contributed by atoms with van der Waals surface area (Å²) in [4.78, 5) is 14.6. The van der Waals surface area contributed by atoms with E-state index in [2.05, 4.69) is 10.2 Å². The van der Waals surface area contributed by atoms with Crippen LogP contribution in [0.4, 0.5) is 0 Å². The first-order valence-corrected chi connectivity index (χ1v) is 7.49. The maximum Gasteiger partial charge on any atom is 0.239 e. The van der Waals surface area contributed by atoms with E-state index in [0.29, 0.717) is 0 Å². The van der Waals surface area contributed by atoms with Gasteiger partial charge in [0.2, 0.25) is 5.91 Å². The molecule has 4 fully saturated rings. The van der Waals surface area contributed by atoms with Crippen LogP contribution in [0.25, 0.3) is 0 Å². The van der Waals surface area contributed by atoms with Crippen molar-refractivity contribution >= 4 is 5.91 Å². The van der Waals surface area contributed by atoms with E-state index >= 15 is 0 Å². The van der Waals surface area contributed by atoms with Gasteiger partial charge in [-0.25, -0.2) is 0 Å². The first kappa shape index (κ1) is 12.5. The maximum atomic E-state index is 12.5. The number of carbonyl (C=O) groups excluding carboxylic acids is 1. The molecule has 3 heteroatoms. The fourth-order valence-corrected chi connectivity index (χ4v) is 5.12. The van der Waals surface area contributed by atoms with Crippen molar-refractivity contribution < 1.29 is 4.79 Å². The molecular weight excluding hydrogens is 224 g/mol. The van der Waals surface area contributed by atoms with Crippen LogP contribution in [0.15, 0.2) is 0 Å². The van der Waals surface area contributed by atoms with Crippen molar-refractivity contribution in [3.8, 4) is 0 Å². The molecule has 0 aliphatic heterocycles. The largest absolute Gasteiger partial charge is 0.339 e. The van der Waals surface area contributed by atoms with E-state index in [1.807, 2.05) is 21.0 Å². The molecule has 0 aromatic heterocycles. The Balaban J connectivity index is 1.80. The second-order valence-corrected chi connectivity index (χ2v) is 7.05. The first-order valence-electron chi connectivity index (χ1n) is 7.49. The van der Waals surface area contributed by atoms with Gasteiger partial charge in [0.1, 0.15) is 0 Å². The van der Waals surface area contributed by atoms with Gasteiger partial charge in [-0.15, -0.1) is 0 Å². The van der Waals surface area contributed by atoms with Crippen molar-refractivity contribution in [3.63, 3.8) is 0 Å². The summed E-state index contributed by atoms with van der Waals surface area (Å²) in [6, 6.07) is -0.0528. The fraction of sp³-hybridized carbons (Fsp3) is 0.933. The summed E-state index contributed by atoms with van der Waals surface area (Å²) in [5.41, 5.74) is 0.205. The number of rotatable bonds is 3. The molecule has 1 atom stereocenters. The highest BCUT2D eigenvalue weighted by molar-refractivity contribution is 5.82. The SMILES string of the molecule is CNC(C)C(=O)N(C)C12CC3CC(CC(C3)C1)C2. The highest BCUT2D eigenvalue weighted by Crippen LogP contribution is 2.57. The molecular formula is C15H26N2O. The lowest BCUT2D eigenvalue weighted by molar-refractivity contribution is -0.149. The average molecular weight is 250 g/mol. The minimum absolute atomic E-state index is 0.0528. The standard InChI is InChI=1S/C15H26N2O/c1-10(16-2)14(18)17(3)15-7-11-4-12(8-15)6-13(5-11)9-15/h10-13,16H,4-9H2,1-3H3. The van der Waals surface area contributed by atoms with Gasteiger partial charge in [-0.05, 0) is 70.3 Å². The Morgan fingerprint density at radius 1 is 1.17 bits per heavy atom. The smallest absolute Gasteiger partial charge is 0.239 e. The number of hydrogen-bond acceptors (Lipinski definition) is 2. The highest BCUT2D eigenvalue weighted by Gasteiger charge is 2.53. The number of nitrogens with one attached hydrogen (secondary N) is 1. The van der Waals surface area contributed by atoms with E-state index in [9.17, 15) is 4.79 Å². The summed E-state index contributed by atoms with van der Waals surface area (Å²) in [7, 11) is 3.92. The molecule has 1 unspecified atom stereocenters. The molecule has 0 aromatic carbocycles. The Labute approximate surface area is 110 Å². The van der Waals surface area contributed by atoms with E-state index < -0.39 is 0 Å². The van der Waals surface area contributed by atoms with Crippen LogP contribution in [0.5, 0.6) is 0 Å². The molecule has 4 saturated carbocycles. The summed E-state index contributed by atoms with van der Waals surface area (Å²) < 4.78 is 0. The van der Waals surface area contributed by atoms with Crippen LogP contribution in [0, 0.1) is 17.8 Å². The average Bonchev–Trinajstić information content (AvgIpc) is 2.34. The lowest BCUT2D eigenvalue weighted by atomic mass is 9.52. The van der Waals surface area contributed by atoms with Crippen molar-refractivity contribution in [2.75, 3.05) is 14.1 Å². The van der Waals surface area contributed by atoms with Crippen LogP contribution in [0.3, 0.4) is 0 Å². The van der Waals surface area contributed by atoms with Crippen LogP contribution >= 0.6 is 0 Å². The van der Waals surface area contributed by atoms with Crippen molar-refractivity contribution in [2.45, 2.75) is 57.0 Å². The van der Waals surface area contributed by atoms with Gasteiger partial charge in [0.05, 0.1) is 6.04 Å². The number of likely N-dealkylation sites (N-methyl/N-ethyl adjacent to an activating group) is 2. The van der Waals surface area contributed by atoms with Gasteiger partial charge >= 0.3 is 0 Å².